The maximum absolute atomic E-state index is 12.3. The van der Waals surface area contributed by atoms with Gasteiger partial charge in [-0.1, -0.05) is 6.07 Å². The molecular formula is C16H20N2O2. The van der Waals surface area contributed by atoms with E-state index in [2.05, 4.69) is 10.6 Å². The third kappa shape index (κ3) is 2.69. The smallest absolute Gasteiger partial charge is 0.251 e. The summed E-state index contributed by atoms with van der Waals surface area (Å²) in [5, 5.41) is 5.70. The molecular weight excluding hydrogens is 252 g/mol. The van der Waals surface area contributed by atoms with Gasteiger partial charge in [-0.25, -0.2) is 0 Å². The second kappa shape index (κ2) is 5.65. The van der Waals surface area contributed by atoms with Gasteiger partial charge in [-0.05, 0) is 61.8 Å². The van der Waals surface area contributed by atoms with E-state index >= 15 is 0 Å². The molecule has 1 atom stereocenters. The summed E-state index contributed by atoms with van der Waals surface area (Å²) >= 11 is 0. The van der Waals surface area contributed by atoms with E-state index in [0.717, 1.165) is 32.1 Å². The van der Waals surface area contributed by atoms with Gasteiger partial charge in [0.25, 0.3) is 5.91 Å². The third-order valence-corrected chi connectivity index (χ3v) is 4.20. The van der Waals surface area contributed by atoms with Crippen LogP contribution in [0.25, 0.3) is 0 Å². The summed E-state index contributed by atoms with van der Waals surface area (Å²) in [5.41, 5.74) is 3.31. The zero-order chi connectivity index (χ0) is 13.9. The molecule has 1 saturated heterocycles. The van der Waals surface area contributed by atoms with Gasteiger partial charge in [0.1, 0.15) is 6.04 Å². The number of carbonyl (C=O) groups excluding carboxylic acids is 2. The number of nitrogens with one attached hydrogen (secondary N) is 2. The summed E-state index contributed by atoms with van der Waals surface area (Å²) in [6.45, 7) is 0.712. The molecule has 0 radical (unpaired) electrons. The van der Waals surface area contributed by atoms with Crippen molar-refractivity contribution in [1.82, 2.24) is 10.6 Å². The fourth-order valence-corrected chi connectivity index (χ4v) is 3.03. The van der Waals surface area contributed by atoms with Crippen LogP contribution in [0.4, 0.5) is 0 Å². The lowest BCUT2D eigenvalue weighted by Gasteiger charge is -2.15. The van der Waals surface area contributed by atoms with Crippen molar-refractivity contribution in [2.75, 3.05) is 6.54 Å². The highest BCUT2D eigenvalue weighted by molar-refractivity contribution is 5.97. The Labute approximate surface area is 118 Å². The summed E-state index contributed by atoms with van der Waals surface area (Å²) in [6, 6.07) is 5.50. The summed E-state index contributed by atoms with van der Waals surface area (Å²) in [6.07, 6.45) is 6.02. The number of carbonyl (C=O) groups is 2. The molecule has 1 heterocycles. The highest BCUT2D eigenvalue weighted by Gasteiger charge is 2.23. The van der Waals surface area contributed by atoms with Crippen molar-refractivity contribution in [2.45, 2.75) is 44.6 Å². The lowest BCUT2D eigenvalue weighted by atomic mass is 10.0. The van der Waals surface area contributed by atoms with Crippen LogP contribution < -0.4 is 10.6 Å². The predicted molar refractivity (Wildman–Crippen MR) is 76.6 cm³/mol. The summed E-state index contributed by atoms with van der Waals surface area (Å²) < 4.78 is 0. The normalized spacial score (nSPS) is 21.8. The molecule has 2 N–H and O–H groups in total. The molecule has 106 valence electrons. The average Bonchev–Trinajstić information content (AvgIpc) is 2.83. The van der Waals surface area contributed by atoms with Crippen molar-refractivity contribution in [3.05, 3.63) is 34.9 Å². The van der Waals surface area contributed by atoms with Gasteiger partial charge in [-0.2, -0.15) is 0 Å². The van der Waals surface area contributed by atoms with Gasteiger partial charge in [0.2, 0.25) is 5.91 Å². The van der Waals surface area contributed by atoms with E-state index in [9.17, 15) is 9.59 Å². The SMILES string of the molecule is O=C(NC1CCCCNC1=O)c1ccc2c(c1)CCC2. The molecule has 1 fully saturated rings. The Morgan fingerprint density at radius 1 is 1.15 bits per heavy atom. The molecule has 0 bridgehead atoms. The molecule has 0 saturated carbocycles. The van der Waals surface area contributed by atoms with Gasteiger partial charge in [0.15, 0.2) is 0 Å². The second-order valence-corrected chi connectivity index (χ2v) is 5.65. The summed E-state index contributed by atoms with van der Waals surface area (Å²) in [5.74, 6) is -0.196. The minimum absolute atomic E-state index is 0.0583. The monoisotopic (exact) mass is 272 g/mol. The van der Waals surface area contributed by atoms with Gasteiger partial charge in [0.05, 0.1) is 0 Å². The van der Waals surface area contributed by atoms with Gasteiger partial charge in [-0.15, -0.1) is 0 Å². The Balaban J connectivity index is 1.71. The Kier molecular flexibility index (Phi) is 3.72. The quantitative estimate of drug-likeness (QED) is 0.858. The number of benzene rings is 1. The number of aryl methyl sites for hydroxylation is 2. The molecule has 4 heteroatoms. The number of hydrogen-bond acceptors (Lipinski definition) is 2. The molecule has 0 aromatic heterocycles. The van der Waals surface area contributed by atoms with Crippen LogP contribution in [-0.4, -0.2) is 24.4 Å². The van der Waals surface area contributed by atoms with Crippen molar-refractivity contribution in [3.8, 4) is 0 Å². The fraction of sp³-hybridized carbons (Fsp3) is 0.500. The van der Waals surface area contributed by atoms with Crippen molar-refractivity contribution >= 4 is 11.8 Å². The first-order chi connectivity index (χ1) is 9.74. The molecule has 2 aliphatic rings. The van der Waals surface area contributed by atoms with Crippen molar-refractivity contribution < 1.29 is 9.59 Å². The molecule has 1 aromatic rings. The lowest BCUT2D eigenvalue weighted by Crippen LogP contribution is -2.45. The summed E-state index contributed by atoms with van der Waals surface area (Å²) in [7, 11) is 0. The predicted octanol–water partition coefficient (Wildman–Crippen LogP) is 1.57. The van der Waals surface area contributed by atoms with Crippen LogP contribution in [0.3, 0.4) is 0 Å². The van der Waals surface area contributed by atoms with Gasteiger partial charge < -0.3 is 10.6 Å². The minimum Gasteiger partial charge on any atom is -0.354 e. The molecule has 2 amide bonds. The van der Waals surface area contributed by atoms with Crippen molar-refractivity contribution in [3.63, 3.8) is 0 Å². The van der Waals surface area contributed by atoms with Crippen molar-refractivity contribution in [2.24, 2.45) is 0 Å². The first-order valence-electron chi connectivity index (χ1n) is 7.44. The molecule has 1 aliphatic carbocycles. The highest BCUT2D eigenvalue weighted by Crippen LogP contribution is 2.22. The Bertz CT molecular complexity index is 539. The Hall–Kier alpha value is -1.84. The molecule has 4 nitrogen and oxygen atoms in total. The van der Waals surface area contributed by atoms with Crippen LogP contribution in [0, 0.1) is 0 Å². The van der Waals surface area contributed by atoms with E-state index in [1.165, 1.54) is 17.5 Å². The average molecular weight is 272 g/mol. The van der Waals surface area contributed by atoms with E-state index in [1.54, 1.807) is 0 Å². The van der Waals surface area contributed by atoms with Gasteiger partial charge >= 0.3 is 0 Å². The second-order valence-electron chi connectivity index (χ2n) is 5.65. The largest absolute Gasteiger partial charge is 0.354 e. The van der Waals surface area contributed by atoms with Gasteiger partial charge in [-0.3, -0.25) is 9.59 Å². The van der Waals surface area contributed by atoms with E-state index in [1.807, 2.05) is 18.2 Å². The molecule has 1 aromatic carbocycles. The minimum atomic E-state index is -0.391. The number of hydrogen-bond donors (Lipinski definition) is 2. The first-order valence-corrected chi connectivity index (χ1v) is 7.44. The van der Waals surface area contributed by atoms with E-state index in [4.69, 9.17) is 0 Å². The zero-order valence-corrected chi connectivity index (χ0v) is 11.6. The Morgan fingerprint density at radius 3 is 2.90 bits per heavy atom. The fourth-order valence-electron chi connectivity index (χ4n) is 3.03. The maximum atomic E-state index is 12.3. The molecule has 3 rings (SSSR count). The van der Waals surface area contributed by atoms with E-state index < -0.39 is 6.04 Å². The van der Waals surface area contributed by atoms with Crippen LogP contribution in [0.2, 0.25) is 0 Å². The van der Waals surface area contributed by atoms with E-state index in [0.29, 0.717) is 12.1 Å². The van der Waals surface area contributed by atoms with Crippen LogP contribution in [-0.2, 0) is 17.6 Å². The number of fused-ring (bicyclic) bond motifs is 1. The van der Waals surface area contributed by atoms with Crippen LogP contribution >= 0.6 is 0 Å². The van der Waals surface area contributed by atoms with Crippen molar-refractivity contribution in [1.29, 1.82) is 0 Å². The standard InChI is InChI=1S/C16H20N2O2/c19-15(18-14-6-1-2-9-17-16(14)20)13-8-7-11-4-3-5-12(11)10-13/h7-8,10,14H,1-6,9H2,(H,17,20)(H,18,19). The summed E-state index contributed by atoms with van der Waals surface area (Å²) in [4.78, 5) is 24.1. The third-order valence-electron chi connectivity index (χ3n) is 4.20. The molecule has 0 spiro atoms. The Morgan fingerprint density at radius 2 is 2.00 bits per heavy atom. The first kappa shape index (κ1) is 13.2. The number of amides is 2. The molecule has 1 aliphatic heterocycles. The topological polar surface area (TPSA) is 58.2 Å². The maximum Gasteiger partial charge on any atom is 0.251 e. The van der Waals surface area contributed by atoms with Gasteiger partial charge in [0, 0.05) is 12.1 Å². The van der Waals surface area contributed by atoms with Crippen LogP contribution in [0.15, 0.2) is 18.2 Å². The molecule has 1 unspecified atom stereocenters. The lowest BCUT2D eigenvalue weighted by molar-refractivity contribution is -0.122. The van der Waals surface area contributed by atoms with Crippen LogP contribution in [0.1, 0.15) is 47.2 Å². The van der Waals surface area contributed by atoms with Crippen LogP contribution in [0.5, 0.6) is 0 Å². The number of rotatable bonds is 2. The van der Waals surface area contributed by atoms with E-state index in [-0.39, 0.29) is 11.8 Å². The highest BCUT2D eigenvalue weighted by atomic mass is 16.2. The zero-order valence-electron chi connectivity index (χ0n) is 11.6. The molecule has 20 heavy (non-hydrogen) atoms.